The number of nitrogens with one attached hydrogen (secondary N) is 1. The number of hydrogen-bond acceptors (Lipinski definition) is 3. The molecule has 1 fully saturated rings. The molecule has 1 aliphatic heterocycles. The largest absolute Gasteiger partial charge is 0.369 e. The highest BCUT2D eigenvalue weighted by Crippen LogP contribution is 2.27. The minimum atomic E-state index is -0.346. The van der Waals surface area contributed by atoms with Crippen LogP contribution in [0.25, 0.3) is 0 Å². The third-order valence-corrected chi connectivity index (χ3v) is 5.39. The molecule has 0 radical (unpaired) electrons. The predicted octanol–water partition coefficient (Wildman–Crippen LogP) is 4.06. The third-order valence-electron chi connectivity index (χ3n) is 5.39. The summed E-state index contributed by atoms with van der Waals surface area (Å²) in [7, 11) is 0. The lowest BCUT2D eigenvalue weighted by Gasteiger charge is -2.31. The number of carbonyl (C=O) groups excluding carboxylic acids is 1. The Morgan fingerprint density at radius 3 is 2.03 bits per heavy atom. The normalized spacial score (nSPS) is 15.6. The maximum absolute atomic E-state index is 13.3. The number of piperidine rings is 1. The summed E-state index contributed by atoms with van der Waals surface area (Å²) in [6.07, 6.45) is 4.35. The van der Waals surface area contributed by atoms with Crippen LogP contribution in [0.5, 0.6) is 0 Å². The first kappa shape index (κ1) is 21.4. The fourth-order valence-electron chi connectivity index (χ4n) is 3.72. The monoisotopic (exact) mass is 402 g/mol. The van der Waals surface area contributed by atoms with Crippen molar-refractivity contribution in [3.8, 4) is 0 Å². The molecule has 2 aromatic rings. The lowest BCUT2D eigenvalue weighted by atomic mass is 10.0. The molecule has 1 amide bonds. The molecule has 0 bridgehead atoms. The molecule has 2 aromatic carbocycles. The van der Waals surface area contributed by atoms with E-state index in [2.05, 4.69) is 10.2 Å². The van der Waals surface area contributed by atoms with Crippen molar-refractivity contribution in [2.75, 3.05) is 26.2 Å². The first-order chi connectivity index (χ1) is 14.2. The average Bonchev–Trinajstić information content (AvgIpc) is 2.74. The van der Waals surface area contributed by atoms with Crippen molar-refractivity contribution in [3.05, 3.63) is 71.3 Å². The quantitative estimate of drug-likeness (QED) is 0.481. The fraction of sp³-hybridized carbons (Fsp3) is 0.435. The zero-order valence-electron chi connectivity index (χ0n) is 16.5. The van der Waals surface area contributed by atoms with E-state index in [0.29, 0.717) is 12.6 Å². The van der Waals surface area contributed by atoms with Crippen LogP contribution in [0.2, 0.25) is 0 Å². The SMILES string of the molecule is O=CNC1CCN(CCCCOC(c2ccc(F)cc2)c2ccc(F)cc2)CC1. The second-order valence-electron chi connectivity index (χ2n) is 7.46. The van der Waals surface area contributed by atoms with E-state index in [-0.39, 0.29) is 17.7 Å². The van der Waals surface area contributed by atoms with Crippen LogP contribution in [0.15, 0.2) is 48.5 Å². The molecular formula is C23H28F2N2O2. The number of benzene rings is 2. The van der Waals surface area contributed by atoms with E-state index in [1.165, 1.54) is 24.3 Å². The standard InChI is InChI=1S/C23H28F2N2O2/c24-20-7-3-18(4-8-20)23(19-5-9-21(25)10-6-19)29-16-2-1-13-27-14-11-22(12-15-27)26-17-28/h3-10,17,22-23H,1-2,11-16H2,(H,26,28). The zero-order valence-corrected chi connectivity index (χ0v) is 16.5. The van der Waals surface area contributed by atoms with Gasteiger partial charge in [0.25, 0.3) is 0 Å². The Kier molecular flexibility index (Phi) is 8.14. The Bertz CT molecular complexity index is 699. The molecule has 0 unspecified atom stereocenters. The van der Waals surface area contributed by atoms with Gasteiger partial charge in [0.1, 0.15) is 17.7 Å². The molecule has 4 nitrogen and oxygen atoms in total. The summed E-state index contributed by atoms with van der Waals surface area (Å²) < 4.78 is 32.7. The number of unbranched alkanes of at least 4 members (excludes halogenated alkanes) is 1. The first-order valence-corrected chi connectivity index (χ1v) is 10.2. The van der Waals surface area contributed by atoms with E-state index >= 15 is 0 Å². The Labute approximate surface area is 170 Å². The Hall–Kier alpha value is -2.31. The third kappa shape index (κ3) is 6.61. The van der Waals surface area contributed by atoms with Gasteiger partial charge in [-0.3, -0.25) is 4.79 Å². The predicted molar refractivity (Wildman–Crippen MR) is 108 cm³/mol. The molecule has 0 aromatic heterocycles. The summed E-state index contributed by atoms with van der Waals surface area (Å²) >= 11 is 0. The highest BCUT2D eigenvalue weighted by Gasteiger charge is 2.18. The number of carbonyl (C=O) groups is 1. The van der Waals surface area contributed by atoms with Gasteiger partial charge in [-0.05, 0) is 67.6 Å². The Balaban J connectivity index is 1.47. The van der Waals surface area contributed by atoms with Crippen LogP contribution in [-0.4, -0.2) is 43.6 Å². The van der Waals surface area contributed by atoms with Crippen molar-refractivity contribution >= 4 is 6.41 Å². The molecule has 0 spiro atoms. The molecule has 1 N–H and O–H groups in total. The van der Waals surface area contributed by atoms with Gasteiger partial charge in [0, 0.05) is 25.7 Å². The summed E-state index contributed by atoms with van der Waals surface area (Å²) in [5, 5.41) is 2.86. The molecule has 0 atom stereocenters. The number of halogens is 2. The van der Waals surface area contributed by atoms with Gasteiger partial charge in [0.2, 0.25) is 6.41 Å². The van der Waals surface area contributed by atoms with Crippen LogP contribution < -0.4 is 5.32 Å². The van der Waals surface area contributed by atoms with Crippen LogP contribution in [0, 0.1) is 11.6 Å². The van der Waals surface area contributed by atoms with E-state index in [4.69, 9.17) is 4.74 Å². The molecule has 0 aliphatic carbocycles. The highest BCUT2D eigenvalue weighted by molar-refractivity contribution is 5.46. The van der Waals surface area contributed by atoms with Crippen LogP contribution in [0.4, 0.5) is 8.78 Å². The summed E-state index contributed by atoms with van der Waals surface area (Å²) in [6, 6.07) is 12.8. The molecular weight excluding hydrogens is 374 g/mol. The number of rotatable bonds is 10. The van der Waals surface area contributed by atoms with E-state index in [1.807, 2.05) is 0 Å². The molecule has 156 valence electrons. The van der Waals surface area contributed by atoms with Crippen LogP contribution >= 0.6 is 0 Å². The summed E-state index contributed by atoms with van der Waals surface area (Å²) in [5.74, 6) is -0.586. The molecule has 29 heavy (non-hydrogen) atoms. The number of likely N-dealkylation sites (tertiary alicyclic amines) is 1. The average molecular weight is 402 g/mol. The van der Waals surface area contributed by atoms with Gasteiger partial charge in [0.15, 0.2) is 0 Å². The van der Waals surface area contributed by atoms with Gasteiger partial charge >= 0.3 is 0 Å². The van der Waals surface area contributed by atoms with Gasteiger partial charge in [-0.1, -0.05) is 24.3 Å². The number of nitrogens with zero attached hydrogens (tertiary/aromatic N) is 1. The van der Waals surface area contributed by atoms with Crippen LogP contribution in [-0.2, 0) is 9.53 Å². The van der Waals surface area contributed by atoms with Crippen LogP contribution in [0.1, 0.15) is 42.9 Å². The van der Waals surface area contributed by atoms with Gasteiger partial charge in [-0.15, -0.1) is 0 Å². The maximum atomic E-state index is 13.3. The van der Waals surface area contributed by atoms with E-state index in [9.17, 15) is 13.6 Å². The van der Waals surface area contributed by atoms with Crippen molar-refractivity contribution in [2.45, 2.75) is 37.8 Å². The topological polar surface area (TPSA) is 41.6 Å². The number of ether oxygens (including phenoxy) is 1. The van der Waals surface area contributed by atoms with Crippen molar-refractivity contribution < 1.29 is 18.3 Å². The molecule has 3 rings (SSSR count). The minimum Gasteiger partial charge on any atom is -0.369 e. The summed E-state index contributed by atoms with van der Waals surface area (Å²) in [6.45, 7) is 3.58. The highest BCUT2D eigenvalue weighted by atomic mass is 19.1. The second kappa shape index (κ2) is 11.0. The minimum absolute atomic E-state index is 0.293. The molecule has 0 saturated carbocycles. The molecule has 6 heteroatoms. The van der Waals surface area contributed by atoms with Gasteiger partial charge in [0.05, 0.1) is 0 Å². The van der Waals surface area contributed by atoms with E-state index in [1.54, 1.807) is 24.3 Å². The number of hydrogen-bond donors (Lipinski definition) is 1. The number of amides is 1. The van der Waals surface area contributed by atoms with Crippen LogP contribution in [0.3, 0.4) is 0 Å². The lowest BCUT2D eigenvalue weighted by Crippen LogP contribution is -2.42. The summed E-state index contributed by atoms with van der Waals surface area (Å²) in [4.78, 5) is 12.9. The van der Waals surface area contributed by atoms with Crippen molar-refractivity contribution in [1.82, 2.24) is 10.2 Å². The first-order valence-electron chi connectivity index (χ1n) is 10.2. The fourth-order valence-corrected chi connectivity index (χ4v) is 3.72. The van der Waals surface area contributed by atoms with Crippen molar-refractivity contribution in [1.29, 1.82) is 0 Å². The Morgan fingerprint density at radius 2 is 1.52 bits per heavy atom. The van der Waals surface area contributed by atoms with Crippen molar-refractivity contribution in [3.63, 3.8) is 0 Å². The zero-order chi connectivity index (χ0) is 20.5. The smallest absolute Gasteiger partial charge is 0.207 e. The Morgan fingerprint density at radius 1 is 0.966 bits per heavy atom. The lowest BCUT2D eigenvalue weighted by molar-refractivity contribution is -0.110. The molecule has 1 aliphatic rings. The van der Waals surface area contributed by atoms with Gasteiger partial charge < -0.3 is 15.0 Å². The van der Waals surface area contributed by atoms with Gasteiger partial charge in [-0.25, -0.2) is 8.78 Å². The maximum Gasteiger partial charge on any atom is 0.207 e. The van der Waals surface area contributed by atoms with E-state index in [0.717, 1.165) is 62.9 Å². The molecule has 1 saturated heterocycles. The van der Waals surface area contributed by atoms with Gasteiger partial charge in [-0.2, -0.15) is 0 Å². The second-order valence-corrected chi connectivity index (χ2v) is 7.46. The van der Waals surface area contributed by atoms with Crippen molar-refractivity contribution in [2.24, 2.45) is 0 Å². The molecule has 1 heterocycles. The summed E-state index contributed by atoms with van der Waals surface area (Å²) in [5.41, 5.74) is 1.70. The van der Waals surface area contributed by atoms with E-state index < -0.39 is 0 Å².